The van der Waals surface area contributed by atoms with Crippen LogP contribution in [-0.4, -0.2) is 31.8 Å². The summed E-state index contributed by atoms with van der Waals surface area (Å²) >= 11 is 1.41. The molecule has 0 unspecified atom stereocenters. The predicted octanol–water partition coefficient (Wildman–Crippen LogP) is 3.52. The molecule has 0 spiro atoms. The zero-order valence-electron chi connectivity index (χ0n) is 15.6. The second-order valence-corrected chi connectivity index (χ2v) is 6.50. The molecule has 0 radical (unpaired) electrons. The summed E-state index contributed by atoms with van der Waals surface area (Å²) in [6, 6.07) is 13.2. The van der Waals surface area contributed by atoms with E-state index in [1.807, 2.05) is 47.3 Å². The number of carbonyl (C=O) groups is 1. The van der Waals surface area contributed by atoms with Crippen molar-refractivity contribution < 1.29 is 19.0 Å². The molecule has 6 nitrogen and oxygen atoms in total. The Bertz CT molecular complexity index is 997. The molecule has 0 aliphatic heterocycles. The minimum Gasteiger partial charge on any atom is -0.493 e. The number of ether oxygens (including phenoxy) is 3. The van der Waals surface area contributed by atoms with E-state index in [0.717, 1.165) is 11.3 Å². The van der Waals surface area contributed by atoms with Crippen molar-refractivity contribution >= 4 is 17.2 Å². The SMILES string of the molecule is COc1cc(C(=O)/N=c2\scc(-c3ccccc3)n2C)cc(OC)c1OC. The maximum Gasteiger partial charge on any atom is 0.279 e. The monoisotopic (exact) mass is 384 g/mol. The third-order valence-electron chi connectivity index (χ3n) is 4.10. The van der Waals surface area contributed by atoms with E-state index < -0.39 is 0 Å². The molecule has 1 heterocycles. The number of hydrogen-bond donors (Lipinski definition) is 0. The Labute approximate surface area is 161 Å². The zero-order valence-corrected chi connectivity index (χ0v) is 16.4. The molecule has 0 atom stereocenters. The molecule has 0 saturated heterocycles. The number of amides is 1. The molecule has 27 heavy (non-hydrogen) atoms. The minimum absolute atomic E-state index is 0.360. The van der Waals surface area contributed by atoms with Crippen LogP contribution in [0.15, 0.2) is 52.8 Å². The number of thiazole rings is 1. The fourth-order valence-electron chi connectivity index (χ4n) is 2.70. The second kappa shape index (κ2) is 8.09. The van der Waals surface area contributed by atoms with E-state index >= 15 is 0 Å². The fraction of sp³-hybridized carbons (Fsp3) is 0.200. The van der Waals surface area contributed by atoms with Gasteiger partial charge in [0, 0.05) is 18.0 Å². The third kappa shape index (κ3) is 3.73. The van der Waals surface area contributed by atoms with Crippen LogP contribution in [0.4, 0.5) is 0 Å². The van der Waals surface area contributed by atoms with Gasteiger partial charge in [-0.15, -0.1) is 11.3 Å². The Morgan fingerprint density at radius 3 is 2.19 bits per heavy atom. The van der Waals surface area contributed by atoms with Gasteiger partial charge in [-0.25, -0.2) is 0 Å². The molecule has 0 bridgehead atoms. The summed E-state index contributed by atoms with van der Waals surface area (Å²) in [5.41, 5.74) is 2.43. The van der Waals surface area contributed by atoms with Crippen molar-refractivity contribution in [1.82, 2.24) is 4.57 Å². The summed E-state index contributed by atoms with van der Waals surface area (Å²) in [6.45, 7) is 0. The third-order valence-corrected chi connectivity index (χ3v) is 5.02. The average molecular weight is 384 g/mol. The molecule has 0 aliphatic carbocycles. The smallest absolute Gasteiger partial charge is 0.279 e. The van der Waals surface area contributed by atoms with Gasteiger partial charge in [0.05, 0.1) is 27.0 Å². The van der Waals surface area contributed by atoms with Crippen molar-refractivity contribution in [3.8, 4) is 28.5 Å². The molecule has 1 aromatic heterocycles. The van der Waals surface area contributed by atoms with Gasteiger partial charge in [-0.05, 0) is 17.7 Å². The van der Waals surface area contributed by atoms with Crippen molar-refractivity contribution in [3.63, 3.8) is 0 Å². The van der Waals surface area contributed by atoms with E-state index in [4.69, 9.17) is 14.2 Å². The summed E-state index contributed by atoms with van der Waals surface area (Å²) in [7, 11) is 6.42. The number of benzene rings is 2. The summed E-state index contributed by atoms with van der Waals surface area (Å²) in [4.78, 5) is 17.6. The highest BCUT2D eigenvalue weighted by atomic mass is 32.1. The number of carbonyl (C=O) groups excluding carboxylic acids is 1. The highest BCUT2D eigenvalue weighted by Crippen LogP contribution is 2.38. The lowest BCUT2D eigenvalue weighted by molar-refractivity contribution is 0.0997. The standard InChI is InChI=1S/C20H20N2O4S/c1-22-15(13-8-6-5-7-9-13)12-27-20(22)21-19(23)14-10-16(24-2)18(26-4)17(11-14)25-3/h5-12H,1-4H3/b21-20-. The average Bonchev–Trinajstić information content (AvgIpc) is 3.07. The van der Waals surface area contributed by atoms with E-state index in [9.17, 15) is 4.79 Å². The maximum atomic E-state index is 12.7. The Kier molecular flexibility index (Phi) is 5.61. The maximum absolute atomic E-state index is 12.7. The topological polar surface area (TPSA) is 62.0 Å². The minimum atomic E-state index is -0.383. The van der Waals surface area contributed by atoms with Crippen LogP contribution in [0.2, 0.25) is 0 Å². The molecule has 0 N–H and O–H groups in total. The van der Waals surface area contributed by atoms with Gasteiger partial charge in [0.15, 0.2) is 16.3 Å². The summed E-state index contributed by atoms with van der Waals surface area (Å²) in [5.74, 6) is 0.878. The molecule has 140 valence electrons. The van der Waals surface area contributed by atoms with Gasteiger partial charge in [-0.3, -0.25) is 4.79 Å². The van der Waals surface area contributed by atoms with Crippen LogP contribution in [-0.2, 0) is 7.05 Å². The first-order valence-corrected chi connectivity index (χ1v) is 9.06. The Balaban J connectivity index is 2.02. The van der Waals surface area contributed by atoms with Gasteiger partial charge in [0.1, 0.15) is 0 Å². The quantitative estimate of drug-likeness (QED) is 0.675. The summed E-state index contributed by atoms with van der Waals surface area (Å²) < 4.78 is 17.8. The highest BCUT2D eigenvalue weighted by molar-refractivity contribution is 7.07. The molecule has 3 rings (SSSR count). The predicted molar refractivity (Wildman–Crippen MR) is 105 cm³/mol. The van der Waals surface area contributed by atoms with Gasteiger partial charge in [-0.1, -0.05) is 30.3 Å². The van der Waals surface area contributed by atoms with E-state index in [1.54, 1.807) is 12.1 Å². The van der Waals surface area contributed by atoms with Crippen LogP contribution in [0.1, 0.15) is 10.4 Å². The summed E-state index contributed by atoms with van der Waals surface area (Å²) in [6.07, 6.45) is 0. The largest absolute Gasteiger partial charge is 0.493 e. The number of nitrogens with zero attached hydrogens (tertiary/aromatic N) is 2. The summed E-state index contributed by atoms with van der Waals surface area (Å²) in [5, 5.41) is 1.98. The lowest BCUT2D eigenvalue weighted by Crippen LogP contribution is -2.14. The molecule has 2 aromatic carbocycles. The number of aromatic nitrogens is 1. The van der Waals surface area contributed by atoms with E-state index in [0.29, 0.717) is 27.6 Å². The molecular formula is C20H20N2O4S. The highest BCUT2D eigenvalue weighted by Gasteiger charge is 2.17. The van der Waals surface area contributed by atoms with Gasteiger partial charge in [0.2, 0.25) is 5.75 Å². The zero-order chi connectivity index (χ0) is 19.4. The van der Waals surface area contributed by atoms with Crippen molar-refractivity contribution in [2.24, 2.45) is 12.0 Å². The molecule has 3 aromatic rings. The van der Waals surface area contributed by atoms with Crippen LogP contribution in [0.5, 0.6) is 17.2 Å². The van der Waals surface area contributed by atoms with E-state index in [1.165, 1.54) is 32.7 Å². The van der Waals surface area contributed by atoms with Crippen LogP contribution < -0.4 is 19.0 Å². The Hall–Kier alpha value is -3.06. The Morgan fingerprint density at radius 1 is 1.00 bits per heavy atom. The fourth-order valence-corrected chi connectivity index (χ4v) is 3.60. The Morgan fingerprint density at radius 2 is 1.63 bits per heavy atom. The molecule has 1 amide bonds. The lowest BCUT2D eigenvalue weighted by atomic mass is 10.1. The van der Waals surface area contributed by atoms with Gasteiger partial charge < -0.3 is 18.8 Å². The number of methoxy groups -OCH3 is 3. The van der Waals surface area contributed by atoms with Crippen molar-refractivity contribution in [1.29, 1.82) is 0 Å². The van der Waals surface area contributed by atoms with Crippen molar-refractivity contribution in [2.45, 2.75) is 0 Å². The van der Waals surface area contributed by atoms with E-state index in [2.05, 4.69) is 4.99 Å². The first-order chi connectivity index (χ1) is 13.1. The molecular weight excluding hydrogens is 364 g/mol. The van der Waals surface area contributed by atoms with Crippen LogP contribution in [0.3, 0.4) is 0 Å². The number of rotatable bonds is 5. The van der Waals surface area contributed by atoms with Crippen LogP contribution in [0, 0.1) is 0 Å². The first kappa shape index (κ1) is 18.7. The van der Waals surface area contributed by atoms with Crippen LogP contribution >= 0.6 is 11.3 Å². The van der Waals surface area contributed by atoms with Gasteiger partial charge in [-0.2, -0.15) is 4.99 Å². The lowest BCUT2D eigenvalue weighted by Gasteiger charge is -2.12. The van der Waals surface area contributed by atoms with Gasteiger partial charge in [0.25, 0.3) is 5.91 Å². The van der Waals surface area contributed by atoms with Gasteiger partial charge >= 0.3 is 0 Å². The van der Waals surface area contributed by atoms with Crippen molar-refractivity contribution in [3.05, 3.63) is 58.2 Å². The van der Waals surface area contributed by atoms with E-state index in [-0.39, 0.29) is 5.91 Å². The second-order valence-electron chi connectivity index (χ2n) is 5.66. The molecule has 0 fully saturated rings. The molecule has 0 aliphatic rings. The first-order valence-electron chi connectivity index (χ1n) is 8.18. The molecule has 0 saturated carbocycles. The molecule has 7 heteroatoms. The number of hydrogen-bond acceptors (Lipinski definition) is 5. The normalized spacial score (nSPS) is 11.3. The van der Waals surface area contributed by atoms with Crippen LogP contribution in [0.25, 0.3) is 11.3 Å². The van der Waals surface area contributed by atoms with Crippen molar-refractivity contribution in [2.75, 3.05) is 21.3 Å².